The Labute approximate surface area is 331 Å². The van der Waals surface area contributed by atoms with Crippen LogP contribution >= 0.6 is 0 Å². The predicted molar refractivity (Wildman–Crippen MR) is 241 cm³/mol. The number of aryl methyl sites for hydroxylation is 2. The smallest absolute Gasteiger partial charge is 0.0791 e. The van der Waals surface area contributed by atoms with E-state index < -0.39 is 0 Å². The highest BCUT2D eigenvalue weighted by Crippen LogP contribution is 2.42. The molecule has 270 valence electrons. The number of para-hydroxylation sites is 5. The lowest BCUT2D eigenvalue weighted by atomic mass is 9.88. The molecule has 11 rings (SSSR count). The third kappa shape index (κ3) is 5.23. The molecule has 3 nitrogen and oxygen atoms in total. The Morgan fingerprint density at radius 1 is 0.421 bits per heavy atom. The van der Waals surface area contributed by atoms with Crippen molar-refractivity contribution in [2.75, 3.05) is 0 Å². The van der Waals surface area contributed by atoms with Crippen LogP contribution in [0.3, 0.4) is 0 Å². The Morgan fingerprint density at radius 3 is 1.44 bits per heavy atom. The number of nitrogens with zero attached hydrogens (tertiary/aromatic N) is 3. The van der Waals surface area contributed by atoms with Crippen LogP contribution in [-0.4, -0.2) is 14.1 Å². The third-order valence-corrected chi connectivity index (χ3v) is 11.8. The van der Waals surface area contributed by atoms with Crippen molar-refractivity contribution in [3.05, 3.63) is 199 Å². The van der Waals surface area contributed by atoms with Crippen molar-refractivity contribution in [3.63, 3.8) is 0 Å². The number of pyridine rings is 1. The van der Waals surface area contributed by atoms with Crippen LogP contribution in [0.2, 0.25) is 0 Å². The number of fused-ring (bicyclic) bond motifs is 7. The number of hydrogen-bond acceptors (Lipinski definition) is 1. The van der Waals surface area contributed by atoms with Crippen LogP contribution in [0.1, 0.15) is 18.1 Å². The average molecular weight is 730 g/mol. The van der Waals surface area contributed by atoms with E-state index in [0.29, 0.717) is 0 Å². The molecule has 57 heavy (non-hydrogen) atoms. The fourth-order valence-corrected chi connectivity index (χ4v) is 9.27. The molecule has 0 aliphatic heterocycles. The van der Waals surface area contributed by atoms with Gasteiger partial charge in [-0.05, 0) is 95.8 Å². The average Bonchev–Trinajstić information content (AvgIpc) is 3.79. The lowest BCUT2D eigenvalue weighted by Gasteiger charge is -2.19. The third-order valence-electron chi connectivity index (χ3n) is 11.8. The monoisotopic (exact) mass is 729 g/mol. The largest absolute Gasteiger partial charge is 0.309 e. The highest BCUT2D eigenvalue weighted by Gasteiger charge is 2.21. The van der Waals surface area contributed by atoms with Gasteiger partial charge < -0.3 is 9.13 Å². The Morgan fingerprint density at radius 2 is 0.895 bits per heavy atom. The summed E-state index contributed by atoms with van der Waals surface area (Å²) in [6.45, 7) is 4.47. The highest BCUT2D eigenvalue weighted by atomic mass is 15.0. The predicted octanol–water partition coefficient (Wildman–Crippen LogP) is 14.3. The fourth-order valence-electron chi connectivity index (χ4n) is 9.27. The van der Waals surface area contributed by atoms with E-state index in [9.17, 15) is 0 Å². The van der Waals surface area contributed by atoms with Gasteiger partial charge in [-0.25, -0.2) is 4.98 Å². The number of benzene rings is 8. The zero-order valence-electron chi connectivity index (χ0n) is 31.9. The second-order valence-electron chi connectivity index (χ2n) is 15.1. The maximum atomic E-state index is 5.45. The quantitative estimate of drug-likeness (QED) is 0.167. The van der Waals surface area contributed by atoms with Gasteiger partial charge in [-0.1, -0.05) is 140 Å². The second kappa shape index (κ2) is 13.2. The molecule has 0 fully saturated rings. The maximum Gasteiger partial charge on any atom is 0.0791 e. The zero-order chi connectivity index (χ0) is 38.0. The van der Waals surface area contributed by atoms with Crippen LogP contribution in [0.25, 0.3) is 99.4 Å². The molecule has 0 aliphatic carbocycles. The summed E-state index contributed by atoms with van der Waals surface area (Å²) in [6.07, 6.45) is 0.905. The van der Waals surface area contributed by atoms with Gasteiger partial charge >= 0.3 is 0 Å². The van der Waals surface area contributed by atoms with Crippen molar-refractivity contribution in [3.8, 4) is 44.9 Å². The molecule has 3 heteroatoms. The van der Waals surface area contributed by atoms with Gasteiger partial charge in [-0.3, -0.25) is 0 Å². The molecular formula is C54H39N3. The molecule has 3 heterocycles. The molecule has 0 aliphatic rings. The van der Waals surface area contributed by atoms with E-state index in [0.717, 1.165) is 45.7 Å². The number of rotatable bonds is 6. The van der Waals surface area contributed by atoms with Gasteiger partial charge in [0.15, 0.2) is 0 Å². The summed E-state index contributed by atoms with van der Waals surface area (Å²) in [6, 6.07) is 68.5. The molecule has 3 aromatic heterocycles. The van der Waals surface area contributed by atoms with Gasteiger partial charge in [-0.2, -0.15) is 0 Å². The molecular weight excluding hydrogens is 691 g/mol. The van der Waals surface area contributed by atoms with Gasteiger partial charge in [0.25, 0.3) is 0 Å². The first-order valence-corrected chi connectivity index (χ1v) is 19.9. The molecule has 0 radical (unpaired) electrons. The van der Waals surface area contributed by atoms with Crippen LogP contribution < -0.4 is 0 Å². The first-order chi connectivity index (χ1) is 28.2. The van der Waals surface area contributed by atoms with Crippen LogP contribution in [-0.2, 0) is 6.42 Å². The summed E-state index contributed by atoms with van der Waals surface area (Å²) >= 11 is 0. The molecule has 0 spiro atoms. The summed E-state index contributed by atoms with van der Waals surface area (Å²) in [5.74, 6) is 0. The van der Waals surface area contributed by atoms with Crippen LogP contribution in [0.4, 0.5) is 0 Å². The van der Waals surface area contributed by atoms with Gasteiger partial charge in [0.05, 0.1) is 33.3 Å². The first kappa shape index (κ1) is 33.1. The number of aromatic nitrogens is 3. The van der Waals surface area contributed by atoms with Crippen LogP contribution in [0, 0.1) is 6.92 Å². The summed E-state index contributed by atoms with van der Waals surface area (Å²) < 4.78 is 4.87. The van der Waals surface area contributed by atoms with Gasteiger partial charge in [0.1, 0.15) is 0 Å². The van der Waals surface area contributed by atoms with E-state index in [1.807, 2.05) is 0 Å². The van der Waals surface area contributed by atoms with Crippen molar-refractivity contribution < 1.29 is 0 Å². The lowest BCUT2D eigenvalue weighted by Crippen LogP contribution is -2.01. The van der Waals surface area contributed by atoms with Crippen molar-refractivity contribution in [1.29, 1.82) is 0 Å². The van der Waals surface area contributed by atoms with Gasteiger partial charge in [0, 0.05) is 49.4 Å². The van der Waals surface area contributed by atoms with Crippen molar-refractivity contribution in [1.82, 2.24) is 14.1 Å². The molecule has 0 saturated carbocycles. The number of hydrogen-bond donors (Lipinski definition) is 0. The molecule has 0 unspecified atom stereocenters. The summed E-state index contributed by atoms with van der Waals surface area (Å²) in [4.78, 5) is 5.45. The Hall–Kier alpha value is -7.23. The Kier molecular flexibility index (Phi) is 7.68. The molecule has 0 amide bonds. The zero-order valence-corrected chi connectivity index (χ0v) is 31.9. The minimum absolute atomic E-state index is 0.905. The van der Waals surface area contributed by atoms with E-state index in [1.165, 1.54) is 71.3 Å². The lowest BCUT2D eigenvalue weighted by molar-refractivity contribution is 1.13. The van der Waals surface area contributed by atoms with Crippen molar-refractivity contribution in [2.45, 2.75) is 20.3 Å². The minimum atomic E-state index is 0.905. The van der Waals surface area contributed by atoms with Crippen LogP contribution in [0.15, 0.2) is 188 Å². The van der Waals surface area contributed by atoms with Gasteiger partial charge in [-0.15, -0.1) is 0 Å². The molecule has 0 atom stereocenters. The van der Waals surface area contributed by atoms with E-state index in [1.54, 1.807) is 0 Å². The van der Waals surface area contributed by atoms with E-state index in [4.69, 9.17) is 4.98 Å². The summed E-state index contributed by atoms with van der Waals surface area (Å²) in [7, 11) is 0. The molecule has 11 aromatic rings. The topological polar surface area (TPSA) is 22.8 Å². The van der Waals surface area contributed by atoms with E-state index in [2.05, 4.69) is 211 Å². The maximum absolute atomic E-state index is 5.45. The standard InChI is InChI=1S/C54H39N3/c1-3-41-43-21-6-11-26-48(43)55-54(53(41)42-20-5-4-17-35(42)2)37-19-16-18-36(31-37)38-32-39(56-49-27-12-7-22-44(49)45-23-8-13-28-50(45)56)34-40(33-38)57-51-29-14-9-24-46(51)47-25-10-15-30-52(47)57/h4-34H,3H2,1-2H3. The molecule has 8 aromatic carbocycles. The Balaban J connectivity index is 1.20. The normalized spacial score (nSPS) is 11.8. The molecule has 0 N–H and O–H groups in total. The van der Waals surface area contributed by atoms with E-state index >= 15 is 0 Å². The van der Waals surface area contributed by atoms with Crippen LogP contribution in [0.5, 0.6) is 0 Å². The minimum Gasteiger partial charge on any atom is -0.309 e. The second-order valence-corrected chi connectivity index (χ2v) is 15.1. The highest BCUT2D eigenvalue weighted by molar-refractivity contribution is 6.11. The molecule has 0 bridgehead atoms. The summed E-state index contributed by atoms with van der Waals surface area (Å²) in [5.41, 5.74) is 17.4. The van der Waals surface area contributed by atoms with E-state index in [-0.39, 0.29) is 0 Å². The Bertz CT molecular complexity index is 3120. The first-order valence-electron chi connectivity index (χ1n) is 19.9. The summed E-state index contributed by atoms with van der Waals surface area (Å²) in [5, 5.41) is 6.20. The van der Waals surface area contributed by atoms with Gasteiger partial charge in [0.2, 0.25) is 0 Å². The fraction of sp³-hybridized carbons (Fsp3) is 0.0556. The SMILES string of the molecule is CCc1c(-c2ccccc2C)c(-c2cccc(-c3cc(-n4c5ccccc5c5ccccc54)cc(-n4c5ccccc5c5ccccc54)c3)c2)nc2ccccc12. The van der Waals surface area contributed by atoms with Crippen molar-refractivity contribution in [2.24, 2.45) is 0 Å². The molecule has 0 saturated heterocycles. The van der Waals surface area contributed by atoms with Crippen molar-refractivity contribution >= 4 is 54.5 Å².